The molecule has 5 aromatic rings. The van der Waals surface area contributed by atoms with E-state index in [0.717, 1.165) is 27.6 Å². The summed E-state index contributed by atoms with van der Waals surface area (Å²) >= 11 is 12.9. The van der Waals surface area contributed by atoms with Crippen molar-refractivity contribution in [3.05, 3.63) is 130 Å². The molecule has 2 heterocycles. The predicted octanol–water partition coefficient (Wildman–Crippen LogP) is 7.94. The Morgan fingerprint density at radius 3 is 2.17 bits per heavy atom. The first-order valence-corrected chi connectivity index (χ1v) is 16.0. The average molecular weight is 684 g/mol. The third kappa shape index (κ3) is 6.67. The minimum Gasteiger partial charge on any atom is -0.326 e. The van der Waals surface area contributed by atoms with Gasteiger partial charge in [-0.2, -0.15) is 21.6 Å². The van der Waals surface area contributed by atoms with Crippen LogP contribution in [0.25, 0.3) is 34.5 Å². The van der Waals surface area contributed by atoms with Gasteiger partial charge in [-0.15, -0.1) is 0 Å². The molecule has 1 aromatic heterocycles. The number of hydrogen-bond donors (Lipinski definition) is 1. The molecule has 6 rings (SSSR count). The molecule has 0 bridgehead atoms. The molecule has 1 amide bonds. The van der Waals surface area contributed by atoms with Gasteiger partial charge in [0.25, 0.3) is 5.91 Å². The van der Waals surface area contributed by atoms with Crippen molar-refractivity contribution in [1.82, 2.24) is 14.3 Å². The number of carbonyl (C=O) groups is 1. The Kier molecular flexibility index (Phi) is 8.41. The van der Waals surface area contributed by atoms with Crippen LogP contribution in [0, 0.1) is 0 Å². The molecule has 46 heavy (non-hydrogen) atoms. The number of hydrogen-bond acceptors (Lipinski definition) is 4. The van der Waals surface area contributed by atoms with Crippen molar-refractivity contribution in [1.29, 1.82) is 0 Å². The van der Waals surface area contributed by atoms with Crippen LogP contribution >= 0.6 is 23.2 Å². The summed E-state index contributed by atoms with van der Waals surface area (Å²) in [5.41, 5.74) is 3.47. The zero-order valence-corrected chi connectivity index (χ0v) is 26.0. The molecule has 1 N–H and O–H groups in total. The number of alkyl halides is 3. The highest BCUT2D eigenvalue weighted by Gasteiger charge is 2.34. The summed E-state index contributed by atoms with van der Waals surface area (Å²) in [6, 6.07) is 24.2. The maximum Gasteiger partial charge on any atom is 0.416 e. The number of amides is 1. The maximum absolute atomic E-state index is 13.2. The Balaban J connectivity index is 1.29. The standard InChI is InChI=1S/C33H23Cl2F3N4O3S/c34-27-5-2-6-28(35)32(27)29-19-41(18-22-9-14-26(15-10-22)42-20-31(43)40-46(42,44)45)30(39-29)16-11-21-7-12-23(13-8-21)24-3-1-4-25(17-24)33(36,37)38/h1-17,19H,18,20H2,(H,40,43)/b16-11+. The minimum absolute atomic E-state index is 0.291. The zero-order valence-electron chi connectivity index (χ0n) is 23.7. The molecule has 4 aromatic carbocycles. The number of halogens is 5. The minimum atomic E-state index is -4.43. The quantitative estimate of drug-likeness (QED) is 0.189. The molecule has 1 fully saturated rings. The van der Waals surface area contributed by atoms with Crippen molar-refractivity contribution in [2.45, 2.75) is 12.7 Å². The number of imidazole rings is 1. The number of carbonyl (C=O) groups excluding carboxylic acids is 1. The fourth-order valence-corrected chi connectivity index (χ4v) is 6.77. The largest absolute Gasteiger partial charge is 0.416 e. The molecule has 234 valence electrons. The highest BCUT2D eigenvalue weighted by atomic mass is 35.5. The second-order valence-electron chi connectivity index (χ2n) is 10.4. The summed E-state index contributed by atoms with van der Waals surface area (Å²) in [6.45, 7) is 0.0639. The molecule has 1 saturated heterocycles. The Morgan fingerprint density at radius 2 is 1.54 bits per heavy atom. The second kappa shape index (κ2) is 12.3. The van der Waals surface area contributed by atoms with E-state index in [1.54, 1.807) is 78.9 Å². The number of nitrogens with one attached hydrogen (secondary N) is 1. The molecule has 0 unspecified atom stereocenters. The highest BCUT2D eigenvalue weighted by molar-refractivity contribution is 7.92. The van der Waals surface area contributed by atoms with E-state index < -0.39 is 27.9 Å². The van der Waals surface area contributed by atoms with Gasteiger partial charge >= 0.3 is 16.4 Å². The first-order chi connectivity index (χ1) is 21.9. The summed E-state index contributed by atoms with van der Waals surface area (Å²) in [5, 5.41) is 0.856. The first-order valence-electron chi connectivity index (χ1n) is 13.8. The molecule has 1 aliphatic rings. The molecule has 13 heteroatoms. The van der Waals surface area contributed by atoms with Crippen molar-refractivity contribution in [3.8, 4) is 22.4 Å². The van der Waals surface area contributed by atoms with Gasteiger partial charge in [-0.1, -0.05) is 83.9 Å². The Labute approximate surface area is 272 Å². The lowest BCUT2D eigenvalue weighted by Gasteiger charge is -2.15. The van der Waals surface area contributed by atoms with Crippen molar-refractivity contribution < 1.29 is 26.4 Å². The smallest absolute Gasteiger partial charge is 0.326 e. The van der Waals surface area contributed by atoms with Crippen LogP contribution in [0.15, 0.2) is 97.2 Å². The Bertz CT molecular complexity index is 2060. The third-order valence-corrected chi connectivity index (χ3v) is 9.32. The third-order valence-electron chi connectivity index (χ3n) is 7.28. The van der Waals surface area contributed by atoms with Gasteiger partial charge in [-0.05, 0) is 64.7 Å². The fourth-order valence-electron chi connectivity index (χ4n) is 5.03. The average Bonchev–Trinajstić information content (AvgIpc) is 3.53. The molecular formula is C33H23Cl2F3N4O3S. The topological polar surface area (TPSA) is 84.3 Å². The van der Waals surface area contributed by atoms with E-state index in [2.05, 4.69) is 0 Å². The van der Waals surface area contributed by atoms with E-state index in [1.165, 1.54) is 6.07 Å². The van der Waals surface area contributed by atoms with E-state index in [1.807, 2.05) is 21.6 Å². The fraction of sp³-hybridized carbons (Fsp3) is 0.0909. The van der Waals surface area contributed by atoms with Crippen LogP contribution in [0.4, 0.5) is 18.9 Å². The van der Waals surface area contributed by atoms with Gasteiger partial charge in [0.15, 0.2) is 0 Å². The van der Waals surface area contributed by atoms with E-state index >= 15 is 0 Å². The van der Waals surface area contributed by atoms with Gasteiger partial charge in [0, 0.05) is 18.3 Å². The van der Waals surface area contributed by atoms with Gasteiger partial charge < -0.3 is 4.57 Å². The van der Waals surface area contributed by atoms with Crippen LogP contribution in [0.3, 0.4) is 0 Å². The molecule has 0 aliphatic carbocycles. The van der Waals surface area contributed by atoms with Crippen LogP contribution in [-0.2, 0) is 27.7 Å². The number of nitrogens with zero attached hydrogens (tertiary/aromatic N) is 3. The molecule has 0 spiro atoms. The number of rotatable bonds is 7. The van der Waals surface area contributed by atoms with Crippen molar-refractivity contribution in [2.24, 2.45) is 0 Å². The van der Waals surface area contributed by atoms with E-state index in [-0.39, 0.29) is 6.54 Å². The number of aromatic nitrogens is 2. The molecule has 0 atom stereocenters. The molecule has 7 nitrogen and oxygen atoms in total. The summed E-state index contributed by atoms with van der Waals surface area (Å²) < 4.78 is 68.9. The van der Waals surface area contributed by atoms with Crippen LogP contribution in [0.2, 0.25) is 10.0 Å². The van der Waals surface area contributed by atoms with E-state index in [9.17, 15) is 26.4 Å². The lowest BCUT2D eigenvalue weighted by molar-refractivity contribution is -0.137. The van der Waals surface area contributed by atoms with Gasteiger partial charge in [0.2, 0.25) is 0 Å². The normalized spacial score (nSPS) is 14.6. The Morgan fingerprint density at radius 1 is 0.870 bits per heavy atom. The van der Waals surface area contributed by atoms with Crippen molar-refractivity contribution in [3.63, 3.8) is 0 Å². The molecule has 1 aliphatic heterocycles. The molecule has 0 saturated carbocycles. The lowest BCUT2D eigenvalue weighted by Crippen LogP contribution is -2.29. The van der Waals surface area contributed by atoms with Crippen LogP contribution in [0.1, 0.15) is 22.5 Å². The number of benzene rings is 4. The van der Waals surface area contributed by atoms with Crippen molar-refractivity contribution in [2.75, 3.05) is 10.8 Å². The van der Waals surface area contributed by atoms with Crippen molar-refractivity contribution >= 4 is 57.2 Å². The van der Waals surface area contributed by atoms with E-state index in [4.69, 9.17) is 28.2 Å². The Hall–Kier alpha value is -4.58. The van der Waals surface area contributed by atoms with Gasteiger partial charge in [0.05, 0.1) is 27.0 Å². The monoisotopic (exact) mass is 682 g/mol. The van der Waals surface area contributed by atoms with Gasteiger partial charge in [0.1, 0.15) is 12.4 Å². The lowest BCUT2D eigenvalue weighted by atomic mass is 10.0. The van der Waals surface area contributed by atoms with Crippen LogP contribution in [-0.4, -0.2) is 30.4 Å². The first kappa shape index (κ1) is 31.4. The summed E-state index contributed by atoms with van der Waals surface area (Å²) in [5.74, 6) is -0.0380. The predicted molar refractivity (Wildman–Crippen MR) is 173 cm³/mol. The SMILES string of the molecule is O=C1CN(c2ccc(Cn3cc(-c4c(Cl)cccc4Cl)nc3/C=C/c3ccc(-c4cccc(C(F)(F)F)c4)cc3)cc2)S(=O)(=O)N1. The van der Waals surface area contributed by atoms with Crippen LogP contribution in [0.5, 0.6) is 0 Å². The molecular weight excluding hydrogens is 660 g/mol. The zero-order chi connectivity index (χ0) is 32.6. The summed E-state index contributed by atoms with van der Waals surface area (Å²) in [7, 11) is -3.92. The van der Waals surface area contributed by atoms with Gasteiger partial charge in [-0.3, -0.25) is 4.79 Å². The molecule has 0 radical (unpaired) electrons. The summed E-state index contributed by atoms with van der Waals surface area (Å²) in [6.07, 6.45) is 1.02. The maximum atomic E-state index is 13.2. The number of anilines is 1. The van der Waals surface area contributed by atoms with Gasteiger partial charge in [-0.25, -0.2) is 14.0 Å². The summed E-state index contributed by atoms with van der Waals surface area (Å²) in [4.78, 5) is 16.4. The van der Waals surface area contributed by atoms with E-state index in [0.29, 0.717) is 50.5 Å². The highest BCUT2D eigenvalue weighted by Crippen LogP contribution is 2.35. The second-order valence-corrected chi connectivity index (χ2v) is 12.9. The van der Waals surface area contributed by atoms with Crippen LogP contribution < -0.4 is 9.03 Å².